The fraction of sp³-hybridized carbons (Fsp3) is 0.667. The van der Waals surface area contributed by atoms with Crippen molar-refractivity contribution in [1.82, 2.24) is 29.9 Å². The van der Waals surface area contributed by atoms with E-state index in [1.807, 2.05) is 7.05 Å². The summed E-state index contributed by atoms with van der Waals surface area (Å²) in [6, 6.07) is -0.0106. The van der Waals surface area contributed by atoms with Crippen LogP contribution in [-0.2, 0) is 12.5 Å². The van der Waals surface area contributed by atoms with E-state index in [-0.39, 0.29) is 11.5 Å². The highest BCUT2D eigenvalue weighted by molar-refractivity contribution is 9.10. The van der Waals surface area contributed by atoms with Gasteiger partial charge in [-0.2, -0.15) is 0 Å². The van der Waals surface area contributed by atoms with Gasteiger partial charge >= 0.3 is 0 Å². The normalized spacial score (nSPS) is 13.7. The smallest absolute Gasteiger partial charge is 0.153 e. The molecule has 0 saturated heterocycles. The van der Waals surface area contributed by atoms with Crippen LogP contribution in [0, 0.1) is 0 Å². The summed E-state index contributed by atoms with van der Waals surface area (Å²) in [5, 5.41) is 15.9. The number of hydrogen-bond acceptors (Lipinski definition) is 6. The lowest BCUT2D eigenvalue weighted by Gasteiger charge is -2.22. The number of rotatable bonds is 4. The molecule has 2 heterocycles. The lowest BCUT2D eigenvalue weighted by molar-refractivity contribution is 0.528. The monoisotopic (exact) mass is 358 g/mol. The van der Waals surface area contributed by atoms with Crippen LogP contribution in [-0.4, -0.2) is 31.1 Å². The number of aryl methyl sites for hydroxylation is 1. The molecule has 1 N–H and O–H groups in total. The molecule has 0 aromatic carbocycles. The first-order valence-corrected chi connectivity index (χ1v) is 8.04. The van der Waals surface area contributed by atoms with E-state index in [2.05, 4.69) is 68.8 Å². The zero-order valence-electron chi connectivity index (χ0n) is 12.3. The molecule has 0 fully saturated rings. The minimum Gasteiger partial charge on any atom is -0.304 e. The van der Waals surface area contributed by atoms with Crippen molar-refractivity contribution in [2.45, 2.75) is 39.2 Å². The van der Waals surface area contributed by atoms with E-state index in [0.717, 1.165) is 27.4 Å². The van der Waals surface area contributed by atoms with Gasteiger partial charge in [-0.25, -0.2) is 4.68 Å². The van der Waals surface area contributed by atoms with Crippen LogP contribution in [0.1, 0.15) is 50.0 Å². The fourth-order valence-electron chi connectivity index (χ4n) is 2.07. The maximum atomic E-state index is 4.32. The van der Waals surface area contributed by atoms with E-state index in [1.54, 1.807) is 4.68 Å². The molecule has 20 heavy (non-hydrogen) atoms. The summed E-state index contributed by atoms with van der Waals surface area (Å²) in [6.45, 7) is 9.35. The zero-order valence-corrected chi connectivity index (χ0v) is 14.7. The molecule has 0 amide bonds. The molecule has 2 aromatic heterocycles. The van der Waals surface area contributed by atoms with E-state index in [9.17, 15) is 0 Å². The van der Waals surface area contributed by atoms with Gasteiger partial charge in [0.25, 0.3) is 0 Å². The largest absolute Gasteiger partial charge is 0.304 e. The molecule has 8 heteroatoms. The van der Waals surface area contributed by atoms with E-state index < -0.39 is 0 Å². The third-order valence-electron chi connectivity index (χ3n) is 2.99. The summed E-state index contributed by atoms with van der Waals surface area (Å²) in [6.07, 6.45) is 0. The van der Waals surface area contributed by atoms with Crippen molar-refractivity contribution < 1.29 is 0 Å². The van der Waals surface area contributed by atoms with Crippen molar-refractivity contribution in [3.63, 3.8) is 0 Å². The lowest BCUT2D eigenvalue weighted by Crippen LogP contribution is -2.27. The van der Waals surface area contributed by atoms with Crippen molar-refractivity contribution in [3.8, 4) is 0 Å². The average Bonchev–Trinajstić information content (AvgIpc) is 2.94. The summed E-state index contributed by atoms with van der Waals surface area (Å²) in [5.74, 6) is 0. The SMILES string of the molecule is CCNC(c1snnc1C(C)(C)C)c1c(Br)nnn1C. The van der Waals surface area contributed by atoms with Gasteiger partial charge in [0.2, 0.25) is 0 Å². The molecule has 0 bridgehead atoms. The number of nitrogens with zero attached hydrogens (tertiary/aromatic N) is 5. The van der Waals surface area contributed by atoms with Crippen LogP contribution in [0.2, 0.25) is 0 Å². The number of halogens is 1. The Morgan fingerprint density at radius 3 is 2.55 bits per heavy atom. The minimum absolute atomic E-state index is 0.0106. The summed E-state index contributed by atoms with van der Waals surface area (Å²) in [5.41, 5.74) is 1.96. The Bertz CT molecular complexity index is 566. The molecule has 1 unspecified atom stereocenters. The van der Waals surface area contributed by atoms with Gasteiger partial charge in [-0.05, 0) is 34.0 Å². The minimum atomic E-state index is -0.0471. The predicted octanol–water partition coefficient (Wildman–Crippen LogP) is 2.43. The van der Waals surface area contributed by atoms with Gasteiger partial charge in [0.1, 0.15) is 0 Å². The van der Waals surface area contributed by atoms with Crippen molar-refractivity contribution in [1.29, 1.82) is 0 Å². The first-order valence-electron chi connectivity index (χ1n) is 6.47. The Morgan fingerprint density at radius 1 is 1.35 bits per heavy atom. The van der Waals surface area contributed by atoms with Gasteiger partial charge < -0.3 is 5.32 Å². The molecular formula is C12H19BrN6S. The number of hydrogen-bond donors (Lipinski definition) is 1. The first-order chi connectivity index (χ1) is 9.36. The highest BCUT2D eigenvalue weighted by atomic mass is 79.9. The van der Waals surface area contributed by atoms with Crippen LogP contribution < -0.4 is 5.32 Å². The molecule has 0 radical (unpaired) electrons. The second-order valence-electron chi connectivity index (χ2n) is 5.62. The molecule has 1 atom stereocenters. The van der Waals surface area contributed by atoms with Crippen molar-refractivity contribution >= 4 is 27.5 Å². The van der Waals surface area contributed by atoms with Crippen LogP contribution in [0.4, 0.5) is 0 Å². The second-order valence-corrected chi connectivity index (χ2v) is 7.15. The van der Waals surface area contributed by atoms with E-state index in [0.29, 0.717) is 0 Å². The van der Waals surface area contributed by atoms with Crippen LogP contribution >= 0.6 is 27.5 Å². The van der Waals surface area contributed by atoms with Crippen molar-refractivity contribution in [3.05, 3.63) is 20.9 Å². The molecule has 2 rings (SSSR count). The maximum absolute atomic E-state index is 4.32. The Hall–Kier alpha value is -0.860. The molecule has 0 spiro atoms. The van der Waals surface area contributed by atoms with E-state index in [1.165, 1.54) is 11.5 Å². The standard InChI is InChI=1S/C12H19BrN6S/c1-6-14-7(8-11(13)16-17-19(8)5)9-10(12(2,3)4)15-18-20-9/h7,14H,6H2,1-5H3. The third kappa shape index (κ3) is 2.91. The van der Waals surface area contributed by atoms with Gasteiger partial charge in [0.05, 0.1) is 22.3 Å². The second kappa shape index (κ2) is 5.87. The molecule has 2 aromatic rings. The van der Waals surface area contributed by atoms with Crippen LogP contribution in [0.5, 0.6) is 0 Å². The van der Waals surface area contributed by atoms with Crippen molar-refractivity contribution in [2.75, 3.05) is 6.54 Å². The molecule has 110 valence electrons. The average molecular weight is 359 g/mol. The van der Waals surface area contributed by atoms with Gasteiger partial charge in [-0.3, -0.25) is 0 Å². The zero-order chi connectivity index (χ0) is 14.9. The molecule has 0 saturated carbocycles. The highest BCUT2D eigenvalue weighted by Gasteiger charge is 2.30. The predicted molar refractivity (Wildman–Crippen MR) is 82.8 cm³/mol. The summed E-state index contributed by atoms with van der Waals surface area (Å²) < 4.78 is 6.68. The number of aromatic nitrogens is 5. The topological polar surface area (TPSA) is 68.5 Å². The van der Waals surface area contributed by atoms with Gasteiger partial charge in [0, 0.05) is 12.5 Å². The summed E-state index contributed by atoms with van der Waals surface area (Å²) in [4.78, 5) is 1.12. The van der Waals surface area contributed by atoms with E-state index in [4.69, 9.17) is 0 Å². The van der Waals surface area contributed by atoms with Gasteiger partial charge in [-0.15, -0.1) is 10.2 Å². The summed E-state index contributed by atoms with van der Waals surface area (Å²) in [7, 11) is 1.89. The van der Waals surface area contributed by atoms with E-state index >= 15 is 0 Å². The van der Waals surface area contributed by atoms with Gasteiger partial charge in [-0.1, -0.05) is 37.4 Å². The molecule has 0 aliphatic heterocycles. The molecule has 0 aliphatic rings. The maximum Gasteiger partial charge on any atom is 0.153 e. The first kappa shape index (κ1) is 15.5. The van der Waals surface area contributed by atoms with Crippen molar-refractivity contribution in [2.24, 2.45) is 7.05 Å². The quantitative estimate of drug-likeness (QED) is 0.908. The van der Waals surface area contributed by atoms with Gasteiger partial charge in [0.15, 0.2) is 4.60 Å². The van der Waals surface area contributed by atoms with Crippen LogP contribution in [0.25, 0.3) is 0 Å². The Morgan fingerprint density at radius 2 is 2.05 bits per heavy atom. The number of nitrogens with one attached hydrogen (secondary N) is 1. The third-order valence-corrected chi connectivity index (χ3v) is 4.35. The molecule has 6 nitrogen and oxygen atoms in total. The Balaban J connectivity index is 2.53. The van der Waals surface area contributed by atoms with Crippen LogP contribution in [0.15, 0.2) is 4.60 Å². The molecule has 0 aliphatic carbocycles. The van der Waals surface area contributed by atoms with Crippen LogP contribution in [0.3, 0.4) is 0 Å². The lowest BCUT2D eigenvalue weighted by atomic mass is 9.89. The Kier molecular flexibility index (Phi) is 4.55. The fourth-order valence-corrected chi connectivity index (χ4v) is 3.57. The molecular weight excluding hydrogens is 340 g/mol. The summed E-state index contributed by atoms with van der Waals surface area (Å²) >= 11 is 4.90. The Labute approximate surface area is 131 Å². The highest BCUT2D eigenvalue weighted by Crippen LogP contribution is 2.35.